The smallest absolute Gasteiger partial charge is 0.328 e. The predicted molar refractivity (Wildman–Crippen MR) is 78.8 cm³/mol. The molecule has 0 radical (unpaired) electrons. The number of carboxylic acids is 1. The summed E-state index contributed by atoms with van der Waals surface area (Å²) in [7, 11) is 0. The van der Waals surface area contributed by atoms with Gasteiger partial charge in [0.05, 0.1) is 6.61 Å². The molecule has 102 valence electrons. The van der Waals surface area contributed by atoms with E-state index in [2.05, 4.69) is 0 Å². The summed E-state index contributed by atoms with van der Waals surface area (Å²) in [4.78, 5) is 11.0. The van der Waals surface area contributed by atoms with Crippen LogP contribution in [0.3, 0.4) is 0 Å². The Labute approximate surface area is 118 Å². The van der Waals surface area contributed by atoms with Gasteiger partial charge in [-0.15, -0.1) is 0 Å². The van der Waals surface area contributed by atoms with E-state index in [1.807, 2.05) is 61.5 Å². The maximum atomic E-state index is 11.0. The van der Waals surface area contributed by atoms with E-state index in [1.54, 1.807) is 0 Å². The van der Waals surface area contributed by atoms with E-state index in [-0.39, 0.29) is 0 Å². The second-order valence-corrected chi connectivity index (χ2v) is 4.22. The molecule has 0 atom stereocenters. The fourth-order valence-electron chi connectivity index (χ4n) is 1.97. The molecule has 0 aromatic heterocycles. The summed E-state index contributed by atoms with van der Waals surface area (Å²) in [6.45, 7) is 2.53. The molecule has 2 aromatic carbocycles. The molecule has 0 amide bonds. The first kappa shape index (κ1) is 13.9. The van der Waals surface area contributed by atoms with Crippen molar-refractivity contribution in [2.24, 2.45) is 0 Å². The van der Waals surface area contributed by atoms with Crippen LogP contribution in [0.1, 0.15) is 18.1 Å². The van der Waals surface area contributed by atoms with Gasteiger partial charge >= 0.3 is 5.97 Å². The summed E-state index contributed by atoms with van der Waals surface area (Å²) >= 11 is 0. The Hall–Kier alpha value is -2.55. The summed E-state index contributed by atoms with van der Waals surface area (Å²) in [5.41, 5.74) is 2.40. The Balaban J connectivity index is 2.40. The van der Waals surface area contributed by atoms with Crippen LogP contribution in [0.4, 0.5) is 0 Å². The topological polar surface area (TPSA) is 46.5 Å². The number of carbonyl (C=O) groups is 1. The van der Waals surface area contributed by atoms with E-state index in [0.29, 0.717) is 12.2 Å². The molecular formula is C17H16O3. The Kier molecular flexibility index (Phi) is 4.56. The number of rotatable bonds is 5. The highest BCUT2D eigenvalue weighted by Gasteiger charge is 2.07. The van der Waals surface area contributed by atoms with Gasteiger partial charge in [-0.3, -0.25) is 0 Å². The van der Waals surface area contributed by atoms with Gasteiger partial charge in [0.1, 0.15) is 5.75 Å². The standard InChI is InChI=1S/C17H16O3/c1-2-20-15-10-8-14(9-11-15)16(12-17(18)19)13-6-4-3-5-7-13/h3-12H,2H2,1H3,(H,18,19)/b16-12+. The SMILES string of the molecule is CCOc1ccc(/C(=C/C(=O)O)c2ccccc2)cc1. The van der Waals surface area contributed by atoms with Crippen molar-refractivity contribution in [2.75, 3.05) is 6.61 Å². The van der Waals surface area contributed by atoms with Crippen molar-refractivity contribution in [3.8, 4) is 5.75 Å². The van der Waals surface area contributed by atoms with Crippen LogP contribution in [0, 0.1) is 0 Å². The maximum Gasteiger partial charge on any atom is 0.328 e. The van der Waals surface area contributed by atoms with Crippen molar-refractivity contribution < 1.29 is 14.6 Å². The van der Waals surface area contributed by atoms with E-state index in [4.69, 9.17) is 9.84 Å². The normalized spacial score (nSPS) is 11.2. The highest BCUT2D eigenvalue weighted by atomic mass is 16.5. The van der Waals surface area contributed by atoms with Gasteiger partial charge in [-0.05, 0) is 35.8 Å². The van der Waals surface area contributed by atoms with Crippen molar-refractivity contribution in [1.82, 2.24) is 0 Å². The molecule has 2 aromatic rings. The zero-order chi connectivity index (χ0) is 14.4. The summed E-state index contributed by atoms with van der Waals surface area (Å²) in [6, 6.07) is 16.9. The molecule has 0 spiro atoms. The lowest BCUT2D eigenvalue weighted by Gasteiger charge is -2.09. The van der Waals surface area contributed by atoms with Crippen LogP contribution in [0.15, 0.2) is 60.7 Å². The lowest BCUT2D eigenvalue weighted by Crippen LogP contribution is -1.95. The van der Waals surface area contributed by atoms with Gasteiger partial charge < -0.3 is 9.84 Å². The maximum absolute atomic E-state index is 11.0. The molecule has 0 unspecified atom stereocenters. The van der Waals surface area contributed by atoms with Crippen molar-refractivity contribution >= 4 is 11.5 Å². The fourth-order valence-corrected chi connectivity index (χ4v) is 1.97. The number of aliphatic carboxylic acids is 1. The summed E-state index contributed by atoms with van der Waals surface area (Å²) in [5, 5.41) is 9.04. The fraction of sp³-hybridized carbons (Fsp3) is 0.118. The Morgan fingerprint density at radius 3 is 2.20 bits per heavy atom. The molecule has 0 heterocycles. The number of benzene rings is 2. The lowest BCUT2D eigenvalue weighted by atomic mass is 9.97. The third-order valence-electron chi connectivity index (χ3n) is 2.83. The first-order chi connectivity index (χ1) is 9.70. The first-order valence-electron chi connectivity index (χ1n) is 6.44. The van der Waals surface area contributed by atoms with E-state index >= 15 is 0 Å². The molecule has 20 heavy (non-hydrogen) atoms. The predicted octanol–water partition coefficient (Wildman–Crippen LogP) is 3.60. The zero-order valence-electron chi connectivity index (χ0n) is 11.2. The van der Waals surface area contributed by atoms with Gasteiger partial charge in [-0.2, -0.15) is 0 Å². The van der Waals surface area contributed by atoms with E-state index in [9.17, 15) is 4.79 Å². The molecule has 3 nitrogen and oxygen atoms in total. The average molecular weight is 268 g/mol. The highest BCUT2D eigenvalue weighted by molar-refractivity contribution is 5.95. The molecule has 2 rings (SSSR count). The van der Waals surface area contributed by atoms with Crippen LogP contribution in [0.5, 0.6) is 5.75 Å². The molecule has 0 aliphatic carbocycles. The molecular weight excluding hydrogens is 252 g/mol. The lowest BCUT2D eigenvalue weighted by molar-refractivity contribution is -0.131. The molecule has 0 aliphatic rings. The molecule has 0 aliphatic heterocycles. The molecule has 0 fully saturated rings. The second kappa shape index (κ2) is 6.57. The van der Waals surface area contributed by atoms with Crippen molar-refractivity contribution in [3.63, 3.8) is 0 Å². The van der Waals surface area contributed by atoms with Gasteiger partial charge in [0.2, 0.25) is 0 Å². The van der Waals surface area contributed by atoms with Crippen LogP contribution in [0.25, 0.3) is 5.57 Å². The van der Waals surface area contributed by atoms with Crippen LogP contribution >= 0.6 is 0 Å². The van der Waals surface area contributed by atoms with Crippen molar-refractivity contribution in [1.29, 1.82) is 0 Å². The summed E-state index contributed by atoms with van der Waals surface area (Å²) in [5.74, 6) is -0.184. The van der Waals surface area contributed by atoms with Crippen molar-refractivity contribution in [3.05, 3.63) is 71.8 Å². The second-order valence-electron chi connectivity index (χ2n) is 4.22. The first-order valence-corrected chi connectivity index (χ1v) is 6.44. The van der Waals surface area contributed by atoms with E-state index < -0.39 is 5.97 Å². The monoisotopic (exact) mass is 268 g/mol. The minimum atomic E-state index is -0.960. The molecule has 3 heteroatoms. The van der Waals surface area contributed by atoms with Gasteiger partial charge in [-0.25, -0.2) is 4.79 Å². The molecule has 0 saturated carbocycles. The molecule has 1 N–H and O–H groups in total. The number of carboxylic acid groups (broad SMARTS) is 1. The third-order valence-corrected chi connectivity index (χ3v) is 2.83. The van der Waals surface area contributed by atoms with Crippen LogP contribution in [0.2, 0.25) is 0 Å². The minimum absolute atomic E-state index is 0.607. The van der Waals surface area contributed by atoms with Gasteiger partial charge in [0.25, 0.3) is 0 Å². The quantitative estimate of drug-likeness (QED) is 0.843. The third kappa shape index (κ3) is 3.48. The van der Waals surface area contributed by atoms with Gasteiger partial charge in [0.15, 0.2) is 0 Å². The zero-order valence-corrected chi connectivity index (χ0v) is 11.2. The Bertz CT molecular complexity index is 598. The van der Waals surface area contributed by atoms with Crippen LogP contribution < -0.4 is 4.74 Å². The largest absolute Gasteiger partial charge is 0.494 e. The van der Waals surface area contributed by atoms with Crippen molar-refractivity contribution in [2.45, 2.75) is 6.92 Å². The molecule has 0 bridgehead atoms. The average Bonchev–Trinajstić information content (AvgIpc) is 2.47. The van der Waals surface area contributed by atoms with E-state index in [0.717, 1.165) is 16.9 Å². The van der Waals surface area contributed by atoms with E-state index in [1.165, 1.54) is 6.08 Å². The highest BCUT2D eigenvalue weighted by Crippen LogP contribution is 2.25. The van der Waals surface area contributed by atoms with Crippen LogP contribution in [-0.4, -0.2) is 17.7 Å². The van der Waals surface area contributed by atoms with Crippen LogP contribution in [-0.2, 0) is 4.79 Å². The van der Waals surface area contributed by atoms with Gasteiger partial charge in [-0.1, -0.05) is 42.5 Å². The minimum Gasteiger partial charge on any atom is -0.494 e. The number of hydrogen-bond donors (Lipinski definition) is 1. The van der Waals surface area contributed by atoms with Gasteiger partial charge in [0, 0.05) is 6.08 Å². The summed E-state index contributed by atoms with van der Waals surface area (Å²) in [6.07, 6.45) is 1.23. The summed E-state index contributed by atoms with van der Waals surface area (Å²) < 4.78 is 5.39. The number of hydrogen-bond acceptors (Lipinski definition) is 2. The molecule has 0 saturated heterocycles. The Morgan fingerprint density at radius 2 is 1.65 bits per heavy atom. The Morgan fingerprint density at radius 1 is 1.05 bits per heavy atom. The number of ether oxygens (including phenoxy) is 1.